The summed E-state index contributed by atoms with van der Waals surface area (Å²) in [5.74, 6) is 1.62. The lowest BCUT2D eigenvalue weighted by atomic mass is 9.93. The molecule has 36 heavy (non-hydrogen) atoms. The number of methoxy groups -OCH3 is 2. The van der Waals surface area contributed by atoms with Crippen LogP contribution in [0.25, 0.3) is 22.2 Å². The Kier molecular flexibility index (Phi) is 5.45. The zero-order chi connectivity index (χ0) is 24.6. The summed E-state index contributed by atoms with van der Waals surface area (Å²) in [5, 5.41) is 1.10. The fourth-order valence-electron chi connectivity index (χ4n) is 5.23. The molecule has 0 radical (unpaired) electrons. The number of amides is 1. The van der Waals surface area contributed by atoms with Gasteiger partial charge in [0.2, 0.25) is 0 Å². The molecule has 5 heteroatoms. The minimum Gasteiger partial charge on any atom is -0.497 e. The van der Waals surface area contributed by atoms with Crippen LogP contribution in [-0.2, 0) is 6.54 Å². The predicted octanol–water partition coefficient (Wildman–Crippen LogP) is 6.60. The van der Waals surface area contributed by atoms with Gasteiger partial charge in [-0.1, -0.05) is 60.7 Å². The molecule has 1 aliphatic rings. The van der Waals surface area contributed by atoms with Crippen molar-refractivity contribution in [3.63, 3.8) is 0 Å². The van der Waals surface area contributed by atoms with Gasteiger partial charge in [-0.2, -0.15) is 0 Å². The summed E-state index contributed by atoms with van der Waals surface area (Å²) in [4.78, 5) is 19.4. The topological polar surface area (TPSA) is 54.6 Å². The number of aromatic nitrogens is 1. The molecule has 1 aromatic heterocycles. The summed E-state index contributed by atoms with van der Waals surface area (Å²) < 4.78 is 10.8. The molecule has 2 heterocycles. The number of fused-ring (bicyclic) bond motifs is 2. The molecule has 1 amide bonds. The van der Waals surface area contributed by atoms with Crippen LogP contribution in [-0.4, -0.2) is 30.0 Å². The second-order valence-corrected chi connectivity index (χ2v) is 8.96. The summed E-state index contributed by atoms with van der Waals surface area (Å²) in [6.07, 6.45) is 0. The minimum atomic E-state index is -0.242. The molecule has 0 bridgehead atoms. The van der Waals surface area contributed by atoms with E-state index in [9.17, 15) is 4.79 Å². The molecule has 0 spiro atoms. The maximum absolute atomic E-state index is 13.8. The number of carbonyl (C=O) groups is 1. The third-order valence-corrected chi connectivity index (χ3v) is 6.95. The molecule has 0 fully saturated rings. The van der Waals surface area contributed by atoms with Gasteiger partial charge in [-0.15, -0.1) is 0 Å². The lowest BCUT2D eigenvalue weighted by Gasteiger charge is -2.27. The first-order valence-corrected chi connectivity index (χ1v) is 12.0. The zero-order valence-electron chi connectivity index (χ0n) is 20.2. The Hall–Kier alpha value is -4.51. The lowest BCUT2D eigenvalue weighted by molar-refractivity contribution is 0.0737. The standard InChI is InChI=1S/C31H26N2O3/c1-35-22-16-14-20(15-17-22)19-33-30(24-10-3-4-11-25(24)31(33)34)28-26-12-5-6-13-27(26)32-29(28)21-8-7-9-23(18-21)36-2/h3-18,30,32H,19H2,1-2H3/t30-/m0/s1. The molecular weight excluding hydrogens is 448 g/mol. The molecule has 0 saturated carbocycles. The van der Waals surface area contributed by atoms with E-state index in [1.54, 1.807) is 14.2 Å². The predicted molar refractivity (Wildman–Crippen MR) is 141 cm³/mol. The number of benzene rings is 4. The second-order valence-electron chi connectivity index (χ2n) is 8.96. The van der Waals surface area contributed by atoms with Crippen molar-refractivity contribution in [2.75, 3.05) is 14.2 Å². The normalized spacial score (nSPS) is 14.8. The summed E-state index contributed by atoms with van der Waals surface area (Å²) in [6.45, 7) is 0.485. The Morgan fingerprint density at radius 2 is 1.56 bits per heavy atom. The fraction of sp³-hybridized carbons (Fsp3) is 0.129. The maximum Gasteiger partial charge on any atom is 0.255 e. The average Bonchev–Trinajstić information content (AvgIpc) is 3.44. The van der Waals surface area contributed by atoms with Gasteiger partial charge in [0.25, 0.3) is 5.91 Å². The van der Waals surface area contributed by atoms with Gasteiger partial charge < -0.3 is 19.4 Å². The molecular formula is C31H26N2O3. The average molecular weight is 475 g/mol. The largest absolute Gasteiger partial charge is 0.497 e. The highest BCUT2D eigenvalue weighted by Crippen LogP contribution is 2.46. The lowest BCUT2D eigenvalue weighted by Crippen LogP contribution is -2.28. The number of aromatic amines is 1. The van der Waals surface area contributed by atoms with Crippen molar-refractivity contribution >= 4 is 16.8 Å². The third kappa shape index (κ3) is 3.60. The fourth-order valence-corrected chi connectivity index (χ4v) is 5.23. The van der Waals surface area contributed by atoms with Crippen LogP contribution in [0.3, 0.4) is 0 Å². The van der Waals surface area contributed by atoms with E-state index in [4.69, 9.17) is 9.47 Å². The highest BCUT2D eigenvalue weighted by molar-refractivity contribution is 6.02. The van der Waals surface area contributed by atoms with Crippen LogP contribution in [0.15, 0.2) is 97.1 Å². The van der Waals surface area contributed by atoms with Crippen LogP contribution in [0.1, 0.15) is 33.1 Å². The number of hydrogen-bond acceptors (Lipinski definition) is 3. The first-order valence-electron chi connectivity index (χ1n) is 12.0. The van der Waals surface area contributed by atoms with E-state index in [1.807, 2.05) is 77.7 Å². The summed E-state index contributed by atoms with van der Waals surface area (Å²) in [7, 11) is 3.33. The summed E-state index contributed by atoms with van der Waals surface area (Å²) in [6, 6.07) is 31.9. The van der Waals surface area contributed by atoms with Gasteiger partial charge in [0, 0.05) is 34.1 Å². The quantitative estimate of drug-likeness (QED) is 0.302. The molecule has 178 valence electrons. The summed E-state index contributed by atoms with van der Waals surface area (Å²) >= 11 is 0. The smallest absolute Gasteiger partial charge is 0.255 e. The monoisotopic (exact) mass is 474 g/mol. The number of ether oxygens (including phenoxy) is 2. The van der Waals surface area contributed by atoms with Crippen LogP contribution >= 0.6 is 0 Å². The molecule has 6 rings (SSSR count). The van der Waals surface area contributed by atoms with E-state index in [0.29, 0.717) is 6.54 Å². The number of carbonyl (C=O) groups excluding carboxylic acids is 1. The van der Waals surface area contributed by atoms with Gasteiger partial charge >= 0.3 is 0 Å². The number of rotatable bonds is 6. The second kappa shape index (κ2) is 8.93. The van der Waals surface area contributed by atoms with Crippen molar-refractivity contribution in [1.82, 2.24) is 9.88 Å². The number of nitrogens with one attached hydrogen (secondary N) is 1. The van der Waals surface area contributed by atoms with Crippen molar-refractivity contribution in [1.29, 1.82) is 0 Å². The molecule has 1 N–H and O–H groups in total. The zero-order valence-corrected chi connectivity index (χ0v) is 20.2. The molecule has 0 saturated heterocycles. The Bertz CT molecular complexity index is 1570. The van der Waals surface area contributed by atoms with Crippen LogP contribution < -0.4 is 9.47 Å². The van der Waals surface area contributed by atoms with Crippen molar-refractivity contribution < 1.29 is 14.3 Å². The third-order valence-electron chi connectivity index (χ3n) is 6.95. The first kappa shape index (κ1) is 22.0. The molecule has 5 nitrogen and oxygen atoms in total. The minimum absolute atomic E-state index is 0.0355. The van der Waals surface area contributed by atoms with Crippen LogP contribution in [0.4, 0.5) is 0 Å². The van der Waals surface area contributed by atoms with E-state index in [2.05, 4.69) is 29.2 Å². The van der Waals surface area contributed by atoms with E-state index in [0.717, 1.165) is 55.9 Å². The van der Waals surface area contributed by atoms with E-state index >= 15 is 0 Å². The molecule has 0 aliphatic carbocycles. The van der Waals surface area contributed by atoms with Crippen LogP contribution in [0, 0.1) is 0 Å². The molecule has 1 atom stereocenters. The van der Waals surface area contributed by atoms with Gasteiger partial charge in [-0.05, 0) is 47.5 Å². The van der Waals surface area contributed by atoms with E-state index in [-0.39, 0.29) is 11.9 Å². The van der Waals surface area contributed by atoms with Crippen molar-refractivity contribution in [3.8, 4) is 22.8 Å². The van der Waals surface area contributed by atoms with E-state index < -0.39 is 0 Å². The number of H-pyrrole nitrogens is 1. The summed E-state index contributed by atoms with van der Waals surface area (Å²) in [5.41, 5.74) is 6.94. The highest BCUT2D eigenvalue weighted by Gasteiger charge is 2.40. The van der Waals surface area contributed by atoms with Gasteiger partial charge in [0.05, 0.1) is 26.0 Å². The Morgan fingerprint density at radius 1 is 0.806 bits per heavy atom. The molecule has 0 unspecified atom stereocenters. The van der Waals surface area contributed by atoms with E-state index in [1.165, 1.54) is 0 Å². The number of nitrogens with zero attached hydrogens (tertiary/aromatic N) is 1. The van der Waals surface area contributed by atoms with Crippen molar-refractivity contribution in [2.24, 2.45) is 0 Å². The highest BCUT2D eigenvalue weighted by atomic mass is 16.5. The van der Waals surface area contributed by atoms with Crippen LogP contribution in [0.5, 0.6) is 11.5 Å². The number of hydrogen-bond donors (Lipinski definition) is 1. The maximum atomic E-state index is 13.8. The molecule has 5 aromatic rings. The first-order chi connectivity index (χ1) is 17.7. The Balaban J connectivity index is 1.56. The Morgan fingerprint density at radius 3 is 2.36 bits per heavy atom. The van der Waals surface area contributed by atoms with Crippen LogP contribution in [0.2, 0.25) is 0 Å². The number of para-hydroxylation sites is 1. The van der Waals surface area contributed by atoms with Gasteiger partial charge in [-0.3, -0.25) is 4.79 Å². The SMILES string of the molecule is COc1ccc(CN2C(=O)c3ccccc3[C@H]2c2c(-c3cccc(OC)c3)[nH]c3ccccc23)cc1. The van der Waals surface area contributed by atoms with Gasteiger partial charge in [0.15, 0.2) is 0 Å². The Labute approximate surface area is 209 Å². The van der Waals surface area contributed by atoms with Gasteiger partial charge in [-0.25, -0.2) is 0 Å². The molecule has 1 aliphatic heterocycles. The van der Waals surface area contributed by atoms with Crippen molar-refractivity contribution in [2.45, 2.75) is 12.6 Å². The van der Waals surface area contributed by atoms with Gasteiger partial charge in [0.1, 0.15) is 11.5 Å². The van der Waals surface area contributed by atoms with Crippen molar-refractivity contribution in [3.05, 3.63) is 119 Å². The molecule has 4 aromatic carbocycles.